The smallest absolute Gasteiger partial charge is 0.302 e. The van der Waals surface area contributed by atoms with Gasteiger partial charge in [0.2, 0.25) is 0 Å². The van der Waals surface area contributed by atoms with Crippen LogP contribution in [0.4, 0.5) is 0 Å². The number of fused-ring (bicyclic) bond motifs is 7. The molecule has 1 aromatic rings. The second-order valence-corrected chi connectivity index (χ2v) is 17.5. The number of ether oxygens (including phenoxy) is 1. The highest BCUT2D eigenvalue weighted by Crippen LogP contribution is 2.78. The molecular formula is C41H60O3. The van der Waals surface area contributed by atoms with Crippen molar-refractivity contribution in [2.75, 3.05) is 6.61 Å². The van der Waals surface area contributed by atoms with Gasteiger partial charge in [0.25, 0.3) is 0 Å². The first-order valence-corrected chi connectivity index (χ1v) is 18.1. The number of aryl methyl sites for hydroxylation is 1. The highest BCUT2D eigenvalue weighted by atomic mass is 16.5. The number of hydrogen-bond donors (Lipinski definition) is 0. The van der Waals surface area contributed by atoms with E-state index in [1.165, 1.54) is 56.1 Å². The largest absolute Gasteiger partial charge is 0.465 e. The van der Waals surface area contributed by atoms with Gasteiger partial charge in [-0.2, -0.15) is 0 Å². The molecule has 5 aliphatic carbocycles. The van der Waals surface area contributed by atoms with Gasteiger partial charge in [-0.25, -0.2) is 0 Å². The molecule has 0 bridgehead atoms. The molecule has 44 heavy (non-hydrogen) atoms. The van der Waals surface area contributed by atoms with E-state index in [4.69, 9.17) is 4.74 Å². The number of ketones is 1. The lowest BCUT2D eigenvalue weighted by Gasteiger charge is -2.73. The third-order valence-electron chi connectivity index (χ3n) is 16.0. The van der Waals surface area contributed by atoms with Crippen LogP contribution in [0.3, 0.4) is 0 Å². The molecule has 0 amide bonds. The molecular weight excluding hydrogens is 540 g/mol. The van der Waals surface area contributed by atoms with E-state index >= 15 is 0 Å². The molecule has 0 saturated heterocycles. The van der Waals surface area contributed by atoms with Gasteiger partial charge in [-0.05, 0) is 135 Å². The van der Waals surface area contributed by atoms with Crippen LogP contribution in [-0.4, -0.2) is 18.4 Å². The minimum atomic E-state index is -0.171. The van der Waals surface area contributed by atoms with Crippen LogP contribution in [0.5, 0.6) is 0 Å². The highest BCUT2D eigenvalue weighted by Gasteiger charge is 2.71. The lowest BCUT2D eigenvalue weighted by atomic mass is 9.31. The molecule has 0 aromatic heterocycles. The van der Waals surface area contributed by atoms with Crippen LogP contribution in [0.1, 0.15) is 125 Å². The van der Waals surface area contributed by atoms with E-state index in [1.54, 1.807) is 6.92 Å². The number of hydrogen-bond acceptors (Lipinski definition) is 3. The molecule has 0 N–H and O–H groups in total. The minimum Gasteiger partial charge on any atom is -0.465 e. The average molecular weight is 601 g/mol. The first kappa shape index (κ1) is 32.1. The fourth-order valence-electron chi connectivity index (χ4n) is 13.3. The number of allylic oxidation sites excluding steroid dienone is 1. The van der Waals surface area contributed by atoms with Gasteiger partial charge in [0.15, 0.2) is 0 Å². The van der Waals surface area contributed by atoms with Crippen molar-refractivity contribution < 1.29 is 14.3 Å². The molecule has 1 aromatic carbocycles. The summed E-state index contributed by atoms with van der Waals surface area (Å²) < 4.78 is 5.80. The third-order valence-corrected chi connectivity index (χ3v) is 16.0. The van der Waals surface area contributed by atoms with Crippen molar-refractivity contribution in [2.24, 2.45) is 62.6 Å². The summed E-state index contributed by atoms with van der Waals surface area (Å²) >= 11 is 0. The topological polar surface area (TPSA) is 43.4 Å². The molecule has 0 aliphatic heterocycles. The Morgan fingerprint density at radius 3 is 2.25 bits per heavy atom. The van der Waals surface area contributed by atoms with Gasteiger partial charge in [-0.1, -0.05) is 77.1 Å². The van der Waals surface area contributed by atoms with Crippen molar-refractivity contribution in [2.45, 2.75) is 126 Å². The first-order chi connectivity index (χ1) is 20.7. The summed E-state index contributed by atoms with van der Waals surface area (Å²) in [7, 11) is 0. The molecule has 3 nitrogen and oxygen atoms in total. The van der Waals surface area contributed by atoms with Crippen molar-refractivity contribution in [3.05, 3.63) is 48.0 Å². The number of benzene rings is 1. The molecule has 242 valence electrons. The number of carbonyl (C=O) groups is 2. The summed E-state index contributed by atoms with van der Waals surface area (Å²) in [5.74, 6) is 3.69. The SMILES string of the molecule is C=C(C)C1CC[C@]2(C(=O)CCc3ccccc3)CC[C@]3(C)C(CCC4[C@@]5(C)CC[C@H](C)[C@@](C)(COC(C)=O)C5CC[C@]43C)C12. The Balaban J connectivity index is 1.32. The third kappa shape index (κ3) is 4.55. The van der Waals surface area contributed by atoms with Crippen LogP contribution < -0.4 is 0 Å². The van der Waals surface area contributed by atoms with Gasteiger partial charge in [-0.15, -0.1) is 0 Å². The van der Waals surface area contributed by atoms with E-state index in [0.717, 1.165) is 25.7 Å². The second kappa shape index (κ2) is 11.1. The normalized spacial score (nSPS) is 46.2. The van der Waals surface area contributed by atoms with Crippen molar-refractivity contribution in [1.29, 1.82) is 0 Å². The van der Waals surface area contributed by atoms with Crippen LogP contribution in [0.25, 0.3) is 0 Å². The van der Waals surface area contributed by atoms with Crippen molar-refractivity contribution >= 4 is 11.8 Å². The molecule has 5 saturated carbocycles. The molecule has 6 rings (SSSR count). The van der Waals surface area contributed by atoms with E-state index < -0.39 is 0 Å². The Morgan fingerprint density at radius 1 is 0.841 bits per heavy atom. The average Bonchev–Trinajstić information content (AvgIpc) is 3.39. The molecule has 5 unspecified atom stereocenters. The molecule has 0 heterocycles. The zero-order valence-electron chi connectivity index (χ0n) is 29.0. The summed E-state index contributed by atoms with van der Waals surface area (Å²) in [4.78, 5) is 26.4. The summed E-state index contributed by atoms with van der Waals surface area (Å²) in [5.41, 5.74) is 3.19. The Morgan fingerprint density at radius 2 is 1.57 bits per heavy atom. The maximum atomic E-state index is 14.5. The number of rotatable bonds is 7. The summed E-state index contributed by atoms with van der Waals surface area (Å²) in [5, 5.41) is 0. The van der Waals surface area contributed by atoms with Crippen molar-refractivity contribution in [1.82, 2.24) is 0 Å². The summed E-state index contributed by atoms with van der Waals surface area (Å²) in [6.45, 7) is 21.7. The maximum Gasteiger partial charge on any atom is 0.302 e. The molecule has 0 radical (unpaired) electrons. The predicted molar refractivity (Wildman–Crippen MR) is 179 cm³/mol. The fraction of sp³-hybridized carbons (Fsp3) is 0.756. The summed E-state index contributed by atoms with van der Waals surface area (Å²) in [6.07, 6.45) is 13.5. The number of Topliss-reactive ketones (excluding diaryl/α,β-unsaturated/α-hetero) is 1. The Bertz CT molecular complexity index is 1280. The predicted octanol–water partition coefficient (Wildman–Crippen LogP) is 10.0. The Kier molecular flexibility index (Phi) is 8.10. The van der Waals surface area contributed by atoms with Gasteiger partial charge in [0.1, 0.15) is 5.78 Å². The Labute approximate surface area is 268 Å². The van der Waals surface area contributed by atoms with Gasteiger partial charge in [-0.3, -0.25) is 9.59 Å². The van der Waals surface area contributed by atoms with Gasteiger partial charge < -0.3 is 4.74 Å². The van der Waals surface area contributed by atoms with Crippen LogP contribution in [-0.2, 0) is 20.7 Å². The standard InChI is InChI=1S/C41H60O3/c1-27(2)31-19-23-41(35(43)17-14-30-12-10-9-11-13-30)25-24-39(7)32(36(31)41)15-16-34-37(5)21-18-28(3)38(6,26-44-29(4)42)33(37)20-22-40(34,39)8/h9-13,28,31-34,36H,1,14-26H2,2-8H3/t28-,31?,32?,33?,34?,36?,37-,38+,39+,40+,41+/m0/s1. The van der Waals surface area contributed by atoms with Crippen LogP contribution >= 0.6 is 0 Å². The van der Waals surface area contributed by atoms with E-state index in [0.29, 0.717) is 54.3 Å². The van der Waals surface area contributed by atoms with Gasteiger partial charge in [0.05, 0.1) is 6.61 Å². The second-order valence-electron chi connectivity index (χ2n) is 17.5. The van der Waals surface area contributed by atoms with Crippen molar-refractivity contribution in [3.8, 4) is 0 Å². The van der Waals surface area contributed by atoms with Crippen LogP contribution in [0, 0.1) is 62.6 Å². The quantitative estimate of drug-likeness (QED) is 0.231. The van der Waals surface area contributed by atoms with Crippen molar-refractivity contribution in [3.63, 3.8) is 0 Å². The molecule has 3 heteroatoms. The van der Waals surface area contributed by atoms with E-state index in [9.17, 15) is 9.59 Å². The lowest BCUT2D eigenvalue weighted by Crippen LogP contribution is -2.67. The van der Waals surface area contributed by atoms with Gasteiger partial charge in [0, 0.05) is 24.2 Å². The first-order valence-electron chi connectivity index (χ1n) is 18.1. The van der Waals surface area contributed by atoms with E-state index in [1.807, 2.05) is 0 Å². The summed E-state index contributed by atoms with van der Waals surface area (Å²) in [6, 6.07) is 10.6. The fourth-order valence-corrected chi connectivity index (χ4v) is 13.3. The zero-order chi connectivity index (χ0) is 31.7. The van der Waals surface area contributed by atoms with Crippen LogP contribution in [0.15, 0.2) is 42.5 Å². The Hall–Kier alpha value is -1.90. The zero-order valence-corrected chi connectivity index (χ0v) is 29.0. The van der Waals surface area contributed by atoms with E-state index in [2.05, 4.69) is 78.5 Å². The lowest BCUT2D eigenvalue weighted by molar-refractivity contribution is -0.246. The minimum absolute atomic E-state index is 0.0289. The highest BCUT2D eigenvalue weighted by molar-refractivity contribution is 5.86. The maximum absolute atomic E-state index is 14.5. The number of carbonyl (C=O) groups excluding carboxylic acids is 2. The van der Waals surface area contributed by atoms with Crippen LogP contribution in [0.2, 0.25) is 0 Å². The molecule has 5 fully saturated rings. The molecule has 5 aliphatic rings. The molecule has 11 atom stereocenters. The van der Waals surface area contributed by atoms with Gasteiger partial charge >= 0.3 is 5.97 Å². The monoisotopic (exact) mass is 600 g/mol. The molecule has 0 spiro atoms. The number of esters is 1. The van der Waals surface area contributed by atoms with E-state index in [-0.39, 0.29) is 33.0 Å².